The van der Waals surface area contributed by atoms with E-state index in [4.69, 9.17) is 13.9 Å². The monoisotopic (exact) mass is 260 g/mol. The highest BCUT2D eigenvalue weighted by Crippen LogP contribution is 2.31. The van der Waals surface area contributed by atoms with Crippen LogP contribution in [0.15, 0.2) is 22.6 Å². The summed E-state index contributed by atoms with van der Waals surface area (Å²) in [5.41, 5.74) is 1.86. The van der Waals surface area contributed by atoms with Crippen molar-refractivity contribution >= 4 is 0 Å². The third-order valence-electron chi connectivity index (χ3n) is 3.20. The van der Waals surface area contributed by atoms with Crippen molar-refractivity contribution in [3.05, 3.63) is 29.7 Å². The van der Waals surface area contributed by atoms with Crippen LogP contribution >= 0.6 is 0 Å². The van der Waals surface area contributed by atoms with Crippen molar-refractivity contribution < 1.29 is 13.9 Å². The van der Waals surface area contributed by atoms with E-state index in [2.05, 4.69) is 10.3 Å². The molecule has 0 unspecified atom stereocenters. The first-order valence-corrected chi connectivity index (χ1v) is 6.23. The Morgan fingerprint density at radius 2 is 1.89 bits per heavy atom. The highest BCUT2D eigenvalue weighted by Gasteiger charge is 2.18. The Bertz CT molecular complexity index is 547. The van der Waals surface area contributed by atoms with Crippen molar-refractivity contribution in [1.29, 1.82) is 0 Å². The molecule has 0 saturated heterocycles. The number of ether oxygens (including phenoxy) is 2. The summed E-state index contributed by atoms with van der Waals surface area (Å²) in [6.45, 7) is 1.70. The summed E-state index contributed by atoms with van der Waals surface area (Å²) in [4.78, 5) is 4.53. The van der Waals surface area contributed by atoms with E-state index in [1.54, 1.807) is 14.2 Å². The van der Waals surface area contributed by atoms with Crippen molar-refractivity contribution in [2.24, 2.45) is 0 Å². The van der Waals surface area contributed by atoms with Gasteiger partial charge in [0.1, 0.15) is 17.3 Å². The van der Waals surface area contributed by atoms with Crippen LogP contribution in [0, 0.1) is 0 Å². The number of hydrogen-bond acceptors (Lipinski definition) is 5. The molecule has 19 heavy (non-hydrogen) atoms. The Kier molecular flexibility index (Phi) is 3.13. The predicted molar refractivity (Wildman–Crippen MR) is 70.5 cm³/mol. The average Bonchev–Trinajstić information content (AvgIpc) is 2.90. The average molecular weight is 260 g/mol. The molecule has 0 fully saturated rings. The van der Waals surface area contributed by atoms with Gasteiger partial charge < -0.3 is 19.2 Å². The van der Waals surface area contributed by atoms with E-state index in [0.29, 0.717) is 5.89 Å². The fourth-order valence-corrected chi connectivity index (χ4v) is 2.18. The first-order chi connectivity index (χ1) is 9.30. The minimum absolute atomic E-state index is 0.617. The molecular weight excluding hydrogens is 244 g/mol. The molecule has 0 aliphatic carbocycles. The van der Waals surface area contributed by atoms with Crippen molar-refractivity contribution in [3.63, 3.8) is 0 Å². The largest absolute Gasteiger partial charge is 0.497 e. The van der Waals surface area contributed by atoms with E-state index in [1.165, 1.54) is 0 Å². The molecule has 1 aromatic heterocycles. The van der Waals surface area contributed by atoms with Gasteiger partial charge in [-0.25, -0.2) is 4.98 Å². The fraction of sp³-hybridized carbons (Fsp3) is 0.357. The smallest absolute Gasteiger partial charge is 0.226 e. The number of oxazole rings is 1. The Hall–Kier alpha value is -2.01. The minimum atomic E-state index is 0.617. The molecule has 1 N–H and O–H groups in total. The lowest BCUT2D eigenvalue weighted by atomic mass is 10.2. The van der Waals surface area contributed by atoms with E-state index >= 15 is 0 Å². The molecular formula is C14H16N2O3. The summed E-state index contributed by atoms with van der Waals surface area (Å²) < 4.78 is 16.3. The van der Waals surface area contributed by atoms with Crippen molar-refractivity contribution in [2.45, 2.75) is 13.0 Å². The van der Waals surface area contributed by atoms with Crippen LogP contribution < -0.4 is 14.8 Å². The van der Waals surface area contributed by atoms with E-state index in [9.17, 15) is 0 Å². The van der Waals surface area contributed by atoms with Gasteiger partial charge in [-0.05, 0) is 12.1 Å². The molecule has 1 aromatic carbocycles. The molecule has 1 aliphatic heterocycles. The zero-order valence-electron chi connectivity index (χ0n) is 11.0. The van der Waals surface area contributed by atoms with Gasteiger partial charge in [-0.1, -0.05) is 0 Å². The van der Waals surface area contributed by atoms with Crippen LogP contribution in [0.1, 0.15) is 11.5 Å². The van der Waals surface area contributed by atoms with Gasteiger partial charge in [0.25, 0.3) is 0 Å². The van der Waals surface area contributed by atoms with Gasteiger partial charge in [0.05, 0.1) is 19.9 Å². The molecule has 0 radical (unpaired) electrons. The third-order valence-corrected chi connectivity index (χ3v) is 3.20. The number of hydrogen-bond donors (Lipinski definition) is 1. The maximum Gasteiger partial charge on any atom is 0.226 e. The Morgan fingerprint density at radius 1 is 1.16 bits per heavy atom. The van der Waals surface area contributed by atoms with Gasteiger partial charge in [-0.3, -0.25) is 0 Å². The highest BCUT2D eigenvalue weighted by atomic mass is 16.5. The van der Waals surface area contributed by atoms with Crippen molar-refractivity contribution in [3.8, 4) is 23.0 Å². The molecule has 5 heteroatoms. The first-order valence-electron chi connectivity index (χ1n) is 6.23. The van der Waals surface area contributed by atoms with Crippen LogP contribution in [-0.2, 0) is 13.0 Å². The molecule has 5 nitrogen and oxygen atoms in total. The summed E-state index contributed by atoms with van der Waals surface area (Å²) >= 11 is 0. The Balaban J connectivity index is 2.03. The lowest BCUT2D eigenvalue weighted by Gasteiger charge is -2.08. The van der Waals surface area contributed by atoms with E-state index in [1.807, 2.05) is 18.2 Å². The van der Waals surface area contributed by atoms with Gasteiger partial charge >= 0.3 is 0 Å². The maximum atomic E-state index is 5.83. The predicted octanol–water partition coefficient (Wildman–Crippen LogP) is 2.00. The number of fused-ring (bicyclic) bond motifs is 1. The summed E-state index contributed by atoms with van der Waals surface area (Å²) in [7, 11) is 3.26. The summed E-state index contributed by atoms with van der Waals surface area (Å²) in [5.74, 6) is 3.04. The molecule has 2 heterocycles. The Morgan fingerprint density at radius 3 is 2.53 bits per heavy atom. The van der Waals surface area contributed by atoms with Gasteiger partial charge in [0.2, 0.25) is 5.89 Å². The molecule has 0 bridgehead atoms. The van der Waals surface area contributed by atoms with Crippen LogP contribution in [0.4, 0.5) is 0 Å². The molecule has 0 spiro atoms. The first kappa shape index (κ1) is 12.0. The molecule has 0 saturated carbocycles. The number of aromatic nitrogens is 1. The highest BCUT2D eigenvalue weighted by molar-refractivity contribution is 5.60. The van der Waals surface area contributed by atoms with Crippen LogP contribution in [-0.4, -0.2) is 25.7 Å². The zero-order valence-corrected chi connectivity index (χ0v) is 11.0. The fourth-order valence-electron chi connectivity index (χ4n) is 2.18. The minimum Gasteiger partial charge on any atom is -0.497 e. The van der Waals surface area contributed by atoms with Gasteiger partial charge in [0, 0.05) is 31.1 Å². The normalized spacial score (nSPS) is 14.0. The van der Waals surface area contributed by atoms with E-state index < -0.39 is 0 Å². The Labute approximate surface area is 111 Å². The number of nitrogens with zero attached hydrogens (tertiary/aromatic N) is 1. The summed E-state index contributed by atoms with van der Waals surface area (Å²) in [5, 5.41) is 3.28. The van der Waals surface area contributed by atoms with Crippen molar-refractivity contribution in [1.82, 2.24) is 10.3 Å². The van der Waals surface area contributed by atoms with Crippen LogP contribution in [0.2, 0.25) is 0 Å². The molecule has 1 aliphatic rings. The molecule has 2 aromatic rings. The second kappa shape index (κ2) is 4.93. The lowest BCUT2D eigenvalue weighted by Crippen LogP contribution is -2.22. The van der Waals surface area contributed by atoms with Crippen LogP contribution in [0.25, 0.3) is 11.5 Å². The van der Waals surface area contributed by atoms with Gasteiger partial charge in [0.15, 0.2) is 0 Å². The standard InChI is InChI=1S/C14H16N2O3/c1-17-10-5-9(6-11(7-10)18-2)14-16-12-8-15-4-3-13(12)19-14/h5-7,15H,3-4,8H2,1-2H3. The molecule has 0 atom stereocenters. The number of nitrogens with one attached hydrogen (secondary N) is 1. The number of benzene rings is 1. The maximum absolute atomic E-state index is 5.83. The summed E-state index contributed by atoms with van der Waals surface area (Å²) in [6.07, 6.45) is 0.878. The number of methoxy groups -OCH3 is 2. The summed E-state index contributed by atoms with van der Waals surface area (Å²) in [6, 6.07) is 5.62. The van der Waals surface area contributed by atoms with E-state index in [-0.39, 0.29) is 0 Å². The van der Waals surface area contributed by atoms with Gasteiger partial charge in [-0.2, -0.15) is 0 Å². The quantitative estimate of drug-likeness (QED) is 0.914. The topological polar surface area (TPSA) is 56.5 Å². The molecule has 100 valence electrons. The lowest BCUT2D eigenvalue weighted by molar-refractivity contribution is 0.394. The molecule has 3 rings (SSSR count). The van der Waals surface area contributed by atoms with E-state index in [0.717, 1.165) is 48.0 Å². The zero-order chi connectivity index (χ0) is 13.2. The second-order valence-electron chi connectivity index (χ2n) is 4.42. The molecule has 0 amide bonds. The van der Waals surface area contributed by atoms with Crippen molar-refractivity contribution in [2.75, 3.05) is 20.8 Å². The number of rotatable bonds is 3. The van der Waals surface area contributed by atoms with Gasteiger partial charge in [-0.15, -0.1) is 0 Å². The SMILES string of the molecule is COc1cc(OC)cc(-c2nc3c(o2)CCNC3)c1. The second-order valence-corrected chi connectivity index (χ2v) is 4.42. The van der Waals surface area contributed by atoms with Crippen LogP contribution in [0.3, 0.4) is 0 Å². The van der Waals surface area contributed by atoms with Crippen LogP contribution in [0.5, 0.6) is 11.5 Å². The third kappa shape index (κ3) is 2.29.